The van der Waals surface area contributed by atoms with Crippen LogP contribution in [0.15, 0.2) is 28.1 Å². The van der Waals surface area contributed by atoms with Gasteiger partial charge in [0, 0.05) is 9.17 Å². The van der Waals surface area contributed by atoms with Crippen LogP contribution in [0, 0.1) is 0 Å². The first-order chi connectivity index (χ1) is 6.20. The lowest BCUT2D eigenvalue weighted by Gasteiger charge is -2.01. The van der Waals surface area contributed by atoms with E-state index >= 15 is 0 Å². The number of thiophene rings is 1. The summed E-state index contributed by atoms with van der Waals surface area (Å²) in [6, 6.07) is 6.05. The van der Waals surface area contributed by atoms with E-state index in [0.29, 0.717) is 0 Å². The molecule has 1 nitrogen and oxygen atoms in total. The van der Waals surface area contributed by atoms with E-state index in [9.17, 15) is 5.11 Å². The number of halogens is 1. The van der Waals surface area contributed by atoms with Gasteiger partial charge in [0.25, 0.3) is 0 Å². The van der Waals surface area contributed by atoms with E-state index in [2.05, 4.69) is 15.9 Å². The van der Waals surface area contributed by atoms with Crippen LogP contribution in [0.3, 0.4) is 0 Å². The van der Waals surface area contributed by atoms with Gasteiger partial charge in [0.05, 0.1) is 6.10 Å². The zero-order valence-corrected chi connectivity index (χ0v) is 9.52. The maximum Gasteiger partial charge on any atom is 0.0776 e. The molecule has 0 spiro atoms. The molecule has 0 fully saturated rings. The Morgan fingerprint density at radius 3 is 2.92 bits per heavy atom. The fraction of sp³-hybridized carbons (Fsp3) is 0.200. The maximum absolute atomic E-state index is 9.49. The number of hydrogen-bond acceptors (Lipinski definition) is 2. The molecule has 0 aliphatic heterocycles. The molecule has 0 bridgehead atoms. The molecule has 0 aliphatic rings. The molecular formula is C10H9BrOS. The third kappa shape index (κ3) is 1.52. The standard InChI is InChI=1S/C10H9BrOS/c1-6(12)8-5-13-10-7(8)3-2-4-9(10)11/h2-6,12H,1H3/t6-/m0/s1. The number of aliphatic hydroxyl groups is 1. The van der Waals surface area contributed by atoms with Crippen LogP contribution in [-0.2, 0) is 0 Å². The molecule has 1 N–H and O–H groups in total. The van der Waals surface area contributed by atoms with E-state index in [1.807, 2.05) is 23.6 Å². The Morgan fingerprint density at radius 2 is 2.23 bits per heavy atom. The topological polar surface area (TPSA) is 20.2 Å². The number of aliphatic hydroxyl groups excluding tert-OH is 1. The van der Waals surface area contributed by atoms with Crippen LogP contribution < -0.4 is 0 Å². The predicted molar refractivity (Wildman–Crippen MR) is 60.2 cm³/mol. The normalized spacial score (nSPS) is 13.5. The van der Waals surface area contributed by atoms with Crippen molar-refractivity contribution < 1.29 is 5.11 Å². The molecule has 0 radical (unpaired) electrons. The van der Waals surface area contributed by atoms with Crippen molar-refractivity contribution in [3.05, 3.63) is 33.6 Å². The maximum atomic E-state index is 9.49. The van der Waals surface area contributed by atoms with Crippen molar-refractivity contribution >= 4 is 37.4 Å². The lowest BCUT2D eigenvalue weighted by atomic mass is 10.1. The highest BCUT2D eigenvalue weighted by atomic mass is 79.9. The average Bonchev–Trinajstić information content (AvgIpc) is 2.48. The van der Waals surface area contributed by atoms with Crippen molar-refractivity contribution in [2.24, 2.45) is 0 Å². The second-order valence-electron chi connectivity index (χ2n) is 2.98. The summed E-state index contributed by atoms with van der Waals surface area (Å²) < 4.78 is 2.31. The summed E-state index contributed by atoms with van der Waals surface area (Å²) in [6.45, 7) is 1.79. The quantitative estimate of drug-likeness (QED) is 0.825. The smallest absolute Gasteiger partial charge is 0.0776 e. The van der Waals surface area contributed by atoms with Gasteiger partial charge >= 0.3 is 0 Å². The van der Waals surface area contributed by atoms with Gasteiger partial charge in [0.2, 0.25) is 0 Å². The molecule has 2 rings (SSSR count). The molecule has 0 amide bonds. The van der Waals surface area contributed by atoms with Gasteiger partial charge in [-0.05, 0) is 45.2 Å². The summed E-state index contributed by atoms with van der Waals surface area (Å²) in [4.78, 5) is 0. The molecule has 68 valence electrons. The van der Waals surface area contributed by atoms with Gasteiger partial charge in [-0.2, -0.15) is 0 Å². The minimum absolute atomic E-state index is 0.386. The second-order valence-corrected chi connectivity index (χ2v) is 4.72. The molecule has 1 aromatic carbocycles. The minimum atomic E-state index is -0.386. The summed E-state index contributed by atoms with van der Waals surface area (Å²) in [7, 11) is 0. The lowest BCUT2D eigenvalue weighted by molar-refractivity contribution is 0.201. The first-order valence-corrected chi connectivity index (χ1v) is 5.71. The Hall–Kier alpha value is -0.380. The van der Waals surface area contributed by atoms with E-state index in [-0.39, 0.29) is 6.10 Å². The third-order valence-electron chi connectivity index (χ3n) is 2.03. The average molecular weight is 257 g/mol. The van der Waals surface area contributed by atoms with E-state index in [1.165, 1.54) is 4.70 Å². The molecule has 0 saturated heterocycles. The highest BCUT2D eigenvalue weighted by Crippen LogP contribution is 2.34. The summed E-state index contributed by atoms with van der Waals surface area (Å²) in [5.41, 5.74) is 1.02. The highest BCUT2D eigenvalue weighted by molar-refractivity contribution is 9.10. The van der Waals surface area contributed by atoms with Gasteiger partial charge in [-0.1, -0.05) is 12.1 Å². The molecule has 1 heterocycles. The number of fused-ring (bicyclic) bond motifs is 1. The highest BCUT2D eigenvalue weighted by Gasteiger charge is 2.09. The fourth-order valence-corrected chi connectivity index (χ4v) is 3.07. The van der Waals surface area contributed by atoms with Gasteiger partial charge in [-0.25, -0.2) is 0 Å². The Bertz CT molecular complexity index is 433. The third-order valence-corrected chi connectivity index (χ3v) is 4.00. The van der Waals surface area contributed by atoms with Crippen molar-refractivity contribution in [2.45, 2.75) is 13.0 Å². The second kappa shape index (κ2) is 3.40. The Balaban J connectivity index is 2.75. The number of rotatable bonds is 1. The van der Waals surface area contributed by atoms with Crippen LogP contribution in [0.2, 0.25) is 0 Å². The Kier molecular flexibility index (Phi) is 2.41. The minimum Gasteiger partial charge on any atom is -0.389 e. The largest absolute Gasteiger partial charge is 0.389 e. The van der Waals surface area contributed by atoms with Gasteiger partial charge in [-0.15, -0.1) is 11.3 Å². The summed E-state index contributed by atoms with van der Waals surface area (Å²) in [6.07, 6.45) is -0.386. The summed E-state index contributed by atoms with van der Waals surface area (Å²) in [5.74, 6) is 0. The molecule has 13 heavy (non-hydrogen) atoms. The monoisotopic (exact) mass is 256 g/mol. The molecule has 3 heteroatoms. The lowest BCUT2D eigenvalue weighted by Crippen LogP contribution is -1.87. The molecule has 0 aliphatic carbocycles. The van der Waals surface area contributed by atoms with Crippen LogP contribution in [0.1, 0.15) is 18.6 Å². The molecule has 1 aromatic heterocycles. The zero-order valence-electron chi connectivity index (χ0n) is 7.12. The van der Waals surface area contributed by atoms with Crippen LogP contribution >= 0.6 is 27.3 Å². The van der Waals surface area contributed by atoms with Crippen LogP contribution in [0.5, 0.6) is 0 Å². The van der Waals surface area contributed by atoms with Crippen LogP contribution in [0.25, 0.3) is 10.1 Å². The summed E-state index contributed by atoms with van der Waals surface area (Å²) >= 11 is 5.15. The Labute approximate surface area is 89.1 Å². The Morgan fingerprint density at radius 1 is 1.46 bits per heavy atom. The first-order valence-electron chi connectivity index (χ1n) is 4.04. The number of hydrogen-bond donors (Lipinski definition) is 1. The molecule has 2 aromatic rings. The predicted octanol–water partition coefficient (Wildman–Crippen LogP) is 3.72. The number of benzene rings is 1. The van der Waals surface area contributed by atoms with Crippen LogP contribution in [-0.4, -0.2) is 5.11 Å². The van der Waals surface area contributed by atoms with E-state index in [4.69, 9.17) is 0 Å². The van der Waals surface area contributed by atoms with Crippen molar-refractivity contribution in [1.82, 2.24) is 0 Å². The zero-order chi connectivity index (χ0) is 9.42. The van der Waals surface area contributed by atoms with Crippen molar-refractivity contribution in [3.63, 3.8) is 0 Å². The molecule has 1 atom stereocenters. The SMILES string of the molecule is C[C@H](O)c1csc2c(Br)cccc12. The first kappa shape index (κ1) is 9.19. The van der Waals surface area contributed by atoms with Gasteiger partial charge < -0.3 is 5.11 Å². The fourth-order valence-electron chi connectivity index (χ4n) is 1.37. The van der Waals surface area contributed by atoms with E-state index in [1.54, 1.807) is 18.3 Å². The summed E-state index contributed by atoms with van der Waals surface area (Å²) in [5, 5.41) is 12.7. The van der Waals surface area contributed by atoms with Crippen molar-refractivity contribution in [1.29, 1.82) is 0 Å². The van der Waals surface area contributed by atoms with E-state index < -0.39 is 0 Å². The van der Waals surface area contributed by atoms with Gasteiger partial charge in [0.15, 0.2) is 0 Å². The van der Waals surface area contributed by atoms with Crippen molar-refractivity contribution in [3.8, 4) is 0 Å². The van der Waals surface area contributed by atoms with E-state index in [0.717, 1.165) is 15.4 Å². The van der Waals surface area contributed by atoms with Gasteiger partial charge in [0.1, 0.15) is 0 Å². The molecule has 0 unspecified atom stereocenters. The van der Waals surface area contributed by atoms with Gasteiger partial charge in [-0.3, -0.25) is 0 Å². The van der Waals surface area contributed by atoms with Crippen molar-refractivity contribution in [2.75, 3.05) is 0 Å². The van der Waals surface area contributed by atoms with Crippen LogP contribution in [0.4, 0.5) is 0 Å². The molecule has 0 saturated carbocycles. The molecular weight excluding hydrogens is 248 g/mol.